The van der Waals surface area contributed by atoms with Crippen molar-refractivity contribution in [2.75, 3.05) is 11.9 Å². The quantitative estimate of drug-likeness (QED) is 0.687. The van der Waals surface area contributed by atoms with E-state index in [4.69, 9.17) is 21.6 Å². The third kappa shape index (κ3) is 3.51. The molecular formula is C15H11ClFN3O2. The maximum Gasteiger partial charge on any atom is 0.341 e. The molecule has 0 atom stereocenters. The van der Waals surface area contributed by atoms with E-state index in [1.54, 1.807) is 13.0 Å². The Morgan fingerprint density at radius 2 is 2.27 bits per heavy atom. The van der Waals surface area contributed by atoms with Gasteiger partial charge in [-0.25, -0.2) is 14.2 Å². The zero-order valence-corrected chi connectivity index (χ0v) is 12.3. The number of benzene rings is 1. The molecule has 0 amide bonds. The van der Waals surface area contributed by atoms with Gasteiger partial charge in [-0.2, -0.15) is 5.26 Å². The van der Waals surface area contributed by atoms with Gasteiger partial charge in [0, 0.05) is 5.69 Å². The molecule has 0 saturated heterocycles. The number of nitriles is 1. The third-order valence-electron chi connectivity index (χ3n) is 2.68. The van der Waals surface area contributed by atoms with Crippen molar-refractivity contribution in [1.82, 2.24) is 4.98 Å². The summed E-state index contributed by atoms with van der Waals surface area (Å²) in [6, 6.07) is 8.77. The van der Waals surface area contributed by atoms with E-state index in [-0.39, 0.29) is 28.7 Å². The maximum atomic E-state index is 13.2. The minimum Gasteiger partial charge on any atom is -0.462 e. The molecule has 7 heteroatoms. The lowest BCUT2D eigenvalue weighted by atomic mass is 10.2. The largest absolute Gasteiger partial charge is 0.462 e. The second-order valence-corrected chi connectivity index (χ2v) is 4.55. The summed E-state index contributed by atoms with van der Waals surface area (Å²) in [7, 11) is 0. The van der Waals surface area contributed by atoms with Crippen molar-refractivity contribution in [3.63, 3.8) is 0 Å². The van der Waals surface area contributed by atoms with Gasteiger partial charge < -0.3 is 10.1 Å². The predicted octanol–water partition coefficient (Wildman–Crippen LogP) is 3.67. The number of carbonyl (C=O) groups is 1. The van der Waals surface area contributed by atoms with Crippen LogP contribution in [0.1, 0.15) is 22.8 Å². The molecule has 2 aromatic rings. The van der Waals surface area contributed by atoms with Crippen molar-refractivity contribution < 1.29 is 13.9 Å². The van der Waals surface area contributed by atoms with Crippen LogP contribution >= 0.6 is 11.6 Å². The van der Waals surface area contributed by atoms with Crippen molar-refractivity contribution in [3.8, 4) is 6.07 Å². The number of rotatable bonds is 4. The molecule has 0 aliphatic carbocycles. The molecule has 0 radical (unpaired) electrons. The minimum absolute atomic E-state index is 0.0482. The predicted molar refractivity (Wildman–Crippen MR) is 79.6 cm³/mol. The van der Waals surface area contributed by atoms with Gasteiger partial charge in [0.25, 0.3) is 0 Å². The van der Waals surface area contributed by atoms with Gasteiger partial charge in [0.2, 0.25) is 0 Å². The molecule has 1 N–H and O–H groups in total. The number of hydrogen-bond acceptors (Lipinski definition) is 5. The molecule has 0 spiro atoms. The highest BCUT2D eigenvalue weighted by molar-refractivity contribution is 6.30. The minimum atomic E-state index is -0.651. The molecule has 1 aromatic heterocycles. The number of ether oxygens (including phenoxy) is 1. The summed E-state index contributed by atoms with van der Waals surface area (Å²) in [5.74, 6) is -1.00. The van der Waals surface area contributed by atoms with E-state index in [0.717, 1.165) is 0 Å². The monoisotopic (exact) mass is 319 g/mol. The summed E-state index contributed by atoms with van der Waals surface area (Å²) in [4.78, 5) is 16.0. The smallest absolute Gasteiger partial charge is 0.341 e. The fourth-order valence-electron chi connectivity index (χ4n) is 1.73. The second-order valence-electron chi connectivity index (χ2n) is 4.19. The molecule has 0 unspecified atom stereocenters. The molecule has 2 rings (SSSR count). The average Bonchev–Trinajstić information content (AvgIpc) is 2.47. The van der Waals surface area contributed by atoms with E-state index in [1.165, 1.54) is 24.3 Å². The SMILES string of the molecule is CCOC(=O)c1cc(C#N)c(Cl)nc1Nc1cccc(F)c1. The number of carbonyl (C=O) groups excluding carboxylic acids is 1. The number of aromatic nitrogens is 1. The first kappa shape index (κ1) is 15.7. The van der Waals surface area contributed by atoms with Crippen molar-refractivity contribution in [2.24, 2.45) is 0 Å². The summed E-state index contributed by atoms with van der Waals surface area (Å²) < 4.78 is 18.2. The summed E-state index contributed by atoms with van der Waals surface area (Å²) in [5.41, 5.74) is 0.486. The number of halogens is 2. The van der Waals surface area contributed by atoms with Gasteiger partial charge in [-0.3, -0.25) is 0 Å². The van der Waals surface area contributed by atoms with E-state index in [0.29, 0.717) is 5.69 Å². The zero-order valence-electron chi connectivity index (χ0n) is 11.6. The number of anilines is 2. The van der Waals surface area contributed by atoms with Crippen LogP contribution in [-0.4, -0.2) is 17.6 Å². The van der Waals surface area contributed by atoms with Crippen molar-refractivity contribution in [3.05, 3.63) is 52.4 Å². The molecular weight excluding hydrogens is 309 g/mol. The Hall–Kier alpha value is -2.65. The topological polar surface area (TPSA) is 75.0 Å². The van der Waals surface area contributed by atoms with Gasteiger partial charge >= 0.3 is 5.97 Å². The van der Waals surface area contributed by atoms with E-state index < -0.39 is 11.8 Å². The van der Waals surface area contributed by atoms with E-state index >= 15 is 0 Å². The van der Waals surface area contributed by atoms with Crippen LogP contribution in [0.5, 0.6) is 0 Å². The molecule has 5 nitrogen and oxygen atoms in total. The summed E-state index contributed by atoms with van der Waals surface area (Å²) in [6.45, 7) is 1.83. The third-order valence-corrected chi connectivity index (χ3v) is 2.97. The van der Waals surface area contributed by atoms with Crippen LogP contribution in [-0.2, 0) is 4.74 Å². The number of nitrogens with one attached hydrogen (secondary N) is 1. The lowest BCUT2D eigenvalue weighted by molar-refractivity contribution is 0.0527. The first-order valence-corrected chi connectivity index (χ1v) is 6.73. The van der Waals surface area contributed by atoms with E-state index in [9.17, 15) is 9.18 Å². The average molecular weight is 320 g/mol. The van der Waals surface area contributed by atoms with Gasteiger partial charge in [-0.15, -0.1) is 0 Å². The lowest BCUT2D eigenvalue weighted by Crippen LogP contribution is -2.10. The van der Waals surface area contributed by atoms with Crippen LogP contribution in [0.2, 0.25) is 5.15 Å². The van der Waals surface area contributed by atoms with Gasteiger partial charge in [0.05, 0.1) is 12.2 Å². The Bertz CT molecular complexity index is 759. The van der Waals surface area contributed by atoms with Crippen LogP contribution < -0.4 is 5.32 Å². The molecule has 0 aliphatic rings. The van der Waals surface area contributed by atoms with Gasteiger partial charge in [-0.1, -0.05) is 17.7 Å². The van der Waals surface area contributed by atoms with Gasteiger partial charge in [0.1, 0.15) is 28.4 Å². The highest BCUT2D eigenvalue weighted by Gasteiger charge is 2.18. The molecule has 0 aliphatic heterocycles. The van der Waals surface area contributed by atoms with E-state index in [2.05, 4.69) is 10.3 Å². The van der Waals surface area contributed by atoms with Crippen molar-refractivity contribution >= 4 is 29.1 Å². The summed E-state index contributed by atoms with van der Waals surface area (Å²) in [6.07, 6.45) is 0. The highest BCUT2D eigenvalue weighted by atomic mass is 35.5. The Morgan fingerprint density at radius 1 is 1.50 bits per heavy atom. The summed E-state index contributed by atoms with van der Waals surface area (Å²) >= 11 is 5.88. The van der Waals surface area contributed by atoms with Crippen molar-refractivity contribution in [1.29, 1.82) is 5.26 Å². The molecule has 1 aromatic carbocycles. The first-order chi connectivity index (χ1) is 10.5. The Balaban J connectivity index is 2.46. The fraction of sp³-hybridized carbons (Fsp3) is 0.133. The molecule has 0 bridgehead atoms. The number of nitrogens with zero attached hydrogens (tertiary/aromatic N) is 2. The van der Waals surface area contributed by atoms with Crippen LogP contribution in [0.15, 0.2) is 30.3 Å². The normalized spacial score (nSPS) is 9.91. The van der Waals surface area contributed by atoms with Crippen LogP contribution in [0.3, 0.4) is 0 Å². The molecule has 22 heavy (non-hydrogen) atoms. The summed E-state index contributed by atoms with van der Waals surface area (Å²) in [5, 5.41) is 11.7. The molecule has 0 fully saturated rings. The van der Waals surface area contributed by atoms with Crippen LogP contribution in [0.4, 0.5) is 15.9 Å². The number of hydrogen-bond donors (Lipinski definition) is 1. The number of pyridine rings is 1. The highest BCUT2D eigenvalue weighted by Crippen LogP contribution is 2.25. The first-order valence-electron chi connectivity index (χ1n) is 6.35. The zero-order chi connectivity index (χ0) is 16.1. The Morgan fingerprint density at radius 3 is 2.91 bits per heavy atom. The van der Waals surface area contributed by atoms with Gasteiger partial charge in [-0.05, 0) is 31.2 Å². The second kappa shape index (κ2) is 6.87. The fourth-order valence-corrected chi connectivity index (χ4v) is 1.91. The Kier molecular flexibility index (Phi) is 4.92. The van der Waals surface area contributed by atoms with E-state index in [1.807, 2.05) is 6.07 Å². The van der Waals surface area contributed by atoms with Crippen LogP contribution in [0, 0.1) is 17.1 Å². The molecule has 0 saturated carbocycles. The molecule has 1 heterocycles. The maximum absolute atomic E-state index is 13.2. The number of esters is 1. The van der Waals surface area contributed by atoms with Crippen LogP contribution in [0.25, 0.3) is 0 Å². The molecule has 112 valence electrons. The Labute approximate surface area is 131 Å². The lowest BCUT2D eigenvalue weighted by Gasteiger charge is -2.11. The van der Waals surface area contributed by atoms with Crippen molar-refractivity contribution in [2.45, 2.75) is 6.92 Å². The van der Waals surface area contributed by atoms with Gasteiger partial charge in [0.15, 0.2) is 0 Å². The standard InChI is InChI=1S/C15H11ClFN3O2/c1-2-22-15(21)12-6-9(8-18)13(16)20-14(12)19-11-5-3-4-10(17)7-11/h3-7H,2H2,1H3,(H,19,20).